The van der Waals surface area contributed by atoms with Crippen LogP contribution < -0.4 is 10.6 Å². The van der Waals surface area contributed by atoms with Gasteiger partial charge in [-0.1, -0.05) is 0 Å². The molecule has 208 valence electrons. The highest BCUT2D eigenvalue weighted by Crippen LogP contribution is 2.32. The third-order valence-electron chi connectivity index (χ3n) is 8.13. The lowest BCUT2D eigenvalue weighted by Crippen LogP contribution is -2.47. The molecule has 4 aromatic rings. The van der Waals surface area contributed by atoms with Crippen LogP contribution in [-0.4, -0.2) is 56.0 Å². The minimum Gasteiger partial charge on any atom is -0.342 e. The zero-order valence-electron chi connectivity index (χ0n) is 23.1. The van der Waals surface area contributed by atoms with E-state index in [0.717, 1.165) is 44.4 Å². The smallest absolute Gasteiger partial charge is 0.255 e. The Hall–Kier alpha value is -3.92. The molecular weight excluding hydrogens is 512 g/mol. The number of hydrogen-bond donors (Lipinski definition) is 2. The normalized spacial score (nSPS) is 18.9. The fourth-order valence-electron chi connectivity index (χ4n) is 6.24. The molecule has 8 nitrogen and oxygen atoms in total. The fourth-order valence-corrected chi connectivity index (χ4v) is 6.24. The molecule has 0 bridgehead atoms. The number of aromatic nitrogens is 4. The highest BCUT2D eigenvalue weighted by atomic mass is 19.1. The van der Waals surface area contributed by atoms with Crippen molar-refractivity contribution in [2.45, 2.75) is 52.6 Å². The van der Waals surface area contributed by atoms with Crippen LogP contribution in [0.4, 0.5) is 20.5 Å². The summed E-state index contributed by atoms with van der Waals surface area (Å²) in [5, 5.41) is 7.02. The number of hydrogen-bond acceptors (Lipinski definition) is 6. The van der Waals surface area contributed by atoms with Crippen molar-refractivity contribution in [3.63, 3.8) is 0 Å². The Morgan fingerprint density at radius 3 is 2.70 bits per heavy atom. The number of piperidine rings is 1. The molecule has 0 saturated carbocycles. The summed E-state index contributed by atoms with van der Waals surface area (Å²) in [6.07, 6.45) is 3.12. The van der Waals surface area contributed by atoms with Gasteiger partial charge in [0.1, 0.15) is 17.3 Å². The number of halogens is 2. The molecule has 2 aliphatic rings. The van der Waals surface area contributed by atoms with E-state index >= 15 is 4.39 Å². The van der Waals surface area contributed by atoms with Crippen molar-refractivity contribution in [3.05, 3.63) is 65.1 Å². The second-order valence-electron chi connectivity index (χ2n) is 11.1. The van der Waals surface area contributed by atoms with Crippen molar-refractivity contribution in [3.8, 4) is 11.3 Å². The Bertz CT molecular complexity index is 1620. The number of carbonyl (C=O) groups is 1. The Morgan fingerprint density at radius 2 is 1.93 bits per heavy atom. The van der Waals surface area contributed by atoms with Crippen molar-refractivity contribution in [2.24, 2.45) is 5.92 Å². The maximum Gasteiger partial charge on any atom is 0.255 e. The number of aryl methyl sites for hydroxylation is 2. The maximum atomic E-state index is 15.1. The number of fused-ring (bicyclic) bond motifs is 2. The highest BCUT2D eigenvalue weighted by molar-refractivity contribution is 5.95. The number of nitrogens with one attached hydrogen (secondary N) is 2. The molecule has 2 saturated heterocycles. The monoisotopic (exact) mass is 545 g/mol. The van der Waals surface area contributed by atoms with E-state index in [1.165, 1.54) is 6.07 Å². The summed E-state index contributed by atoms with van der Waals surface area (Å²) in [6, 6.07) is 8.92. The molecule has 10 heteroatoms. The van der Waals surface area contributed by atoms with Crippen LogP contribution in [0.3, 0.4) is 0 Å². The first-order valence-electron chi connectivity index (χ1n) is 13.8. The summed E-state index contributed by atoms with van der Waals surface area (Å²) in [5.74, 6) is -0.0560. The molecule has 2 aliphatic heterocycles. The van der Waals surface area contributed by atoms with Gasteiger partial charge >= 0.3 is 0 Å². The quantitative estimate of drug-likeness (QED) is 0.343. The molecule has 2 unspecified atom stereocenters. The second-order valence-corrected chi connectivity index (χ2v) is 11.1. The second kappa shape index (κ2) is 10.2. The molecule has 1 aromatic carbocycles. The van der Waals surface area contributed by atoms with Gasteiger partial charge in [-0.15, -0.1) is 0 Å². The minimum absolute atomic E-state index is 0.0129. The van der Waals surface area contributed by atoms with Gasteiger partial charge in [0.15, 0.2) is 5.82 Å². The van der Waals surface area contributed by atoms with Crippen LogP contribution in [0.1, 0.15) is 54.5 Å². The van der Waals surface area contributed by atoms with Gasteiger partial charge < -0.3 is 20.1 Å². The number of benzene rings is 1. The SMILES string of the molecule is Cc1nc(Nc2ncc(F)c(-c3cc(F)c4cc(C)n(C(C)C)c4c3)n2)ccc1C(=O)N1CCC2NCCC2C1. The number of likely N-dealkylation sites (tertiary alicyclic amines) is 1. The summed E-state index contributed by atoms with van der Waals surface area (Å²) in [6.45, 7) is 10.3. The van der Waals surface area contributed by atoms with Gasteiger partial charge in [-0.2, -0.15) is 0 Å². The number of anilines is 2. The van der Waals surface area contributed by atoms with E-state index in [-0.39, 0.29) is 23.6 Å². The van der Waals surface area contributed by atoms with Crippen molar-refractivity contribution < 1.29 is 13.6 Å². The summed E-state index contributed by atoms with van der Waals surface area (Å²) >= 11 is 0. The first kappa shape index (κ1) is 26.3. The third-order valence-corrected chi connectivity index (χ3v) is 8.13. The molecule has 0 spiro atoms. The standard InChI is InChI=1S/C30H33F2N7O/c1-16(2)39-17(3)11-22-23(31)12-20(13-26(22)39)28-24(32)14-34-30(37-28)36-27-6-5-21(18(4)35-27)29(40)38-10-8-25-19(15-38)7-9-33-25/h5-6,11-14,16,19,25,33H,7-10,15H2,1-4H3,(H,34,35,36,37). The lowest BCUT2D eigenvalue weighted by atomic mass is 9.93. The highest BCUT2D eigenvalue weighted by Gasteiger charge is 2.35. The van der Waals surface area contributed by atoms with Crippen molar-refractivity contribution in [2.75, 3.05) is 25.0 Å². The van der Waals surface area contributed by atoms with E-state index < -0.39 is 11.6 Å². The first-order valence-corrected chi connectivity index (χ1v) is 13.8. The molecular formula is C30H33F2N7O. The largest absolute Gasteiger partial charge is 0.342 e. The van der Waals surface area contributed by atoms with Gasteiger partial charge in [0.05, 0.1) is 23.0 Å². The number of pyridine rings is 1. The predicted molar refractivity (Wildman–Crippen MR) is 151 cm³/mol. The van der Waals surface area contributed by atoms with Crippen LogP contribution in [0.5, 0.6) is 0 Å². The minimum atomic E-state index is -0.657. The van der Waals surface area contributed by atoms with Gasteiger partial charge in [-0.3, -0.25) is 4.79 Å². The number of amides is 1. The average Bonchev–Trinajstić information content (AvgIpc) is 3.53. The topological polar surface area (TPSA) is 88.0 Å². The van der Waals surface area contributed by atoms with Crippen molar-refractivity contribution in [1.82, 2.24) is 29.7 Å². The number of carbonyl (C=O) groups excluding carboxylic acids is 1. The lowest BCUT2D eigenvalue weighted by molar-refractivity contribution is 0.0661. The first-order chi connectivity index (χ1) is 19.2. The van der Waals surface area contributed by atoms with E-state index in [1.807, 2.05) is 30.2 Å². The molecule has 2 N–H and O–H groups in total. The van der Waals surface area contributed by atoms with Crippen LogP contribution in [0.25, 0.3) is 22.2 Å². The Labute approximate surface area is 231 Å². The average molecular weight is 546 g/mol. The zero-order valence-corrected chi connectivity index (χ0v) is 23.1. The van der Waals surface area contributed by atoms with Crippen LogP contribution >= 0.6 is 0 Å². The predicted octanol–water partition coefficient (Wildman–Crippen LogP) is 5.54. The Balaban J connectivity index is 1.25. The molecule has 0 radical (unpaired) electrons. The van der Waals surface area contributed by atoms with Gasteiger partial charge in [-0.05, 0) is 83.3 Å². The molecule has 1 amide bonds. The molecule has 3 aromatic heterocycles. The van der Waals surface area contributed by atoms with Gasteiger partial charge in [0.25, 0.3) is 5.91 Å². The van der Waals surface area contributed by atoms with Gasteiger partial charge in [0.2, 0.25) is 5.95 Å². The van der Waals surface area contributed by atoms with Crippen LogP contribution in [-0.2, 0) is 0 Å². The van der Waals surface area contributed by atoms with Crippen molar-refractivity contribution >= 4 is 28.6 Å². The van der Waals surface area contributed by atoms with E-state index in [1.54, 1.807) is 31.2 Å². The van der Waals surface area contributed by atoms with Crippen LogP contribution in [0.15, 0.2) is 36.5 Å². The molecule has 5 heterocycles. The molecule has 2 atom stereocenters. The summed E-state index contributed by atoms with van der Waals surface area (Å²) in [7, 11) is 0. The van der Waals surface area contributed by atoms with Crippen molar-refractivity contribution in [1.29, 1.82) is 0 Å². The zero-order chi connectivity index (χ0) is 28.1. The van der Waals surface area contributed by atoms with Gasteiger partial charge in [0, 0.05) is 41.8 Å². The number of rotatable bonds is 5. The summed E-state index contributed by atoms with van der Waals surface area (Å²) in [5.41, 5.74) is 3.06. The van der Waals surface area contributed by atoms with E-state index in [2.05, 4.69) is 25.6 Å². The summed E-state index contributed by atoms with van der Waals surface area (Å²) < 4.78 is 32.0. The van der Waals surface area contributed by atoms with E-state index in [9.17, 15) is 9.18 Å². The fraction of sp³-hybridized carbons (Fsp3) is 0.400. The van der Waals surface area contributed by atoms with E-state index in [0.29, 0.717) is 45.5 Å². The van der Waals surface area contributed by atoms with E-state index in [4.69, 9.17) is 0 Å². The van der Waals surface area contributed by atoms with Crippen LogP contribution in [0.2, 0.25) is 0 Å². The Kier molecular flexibility index (Phi) is 6.74. The number of nitrogens with zero attached hydrogens (tertiary/aromatic N) is 5. The van der Waals surface area contributed by atoms with Gasteiger partial charge in [-0.25, -0.2) is 23.7 Å². The lowest BCUT2D eigenvalue weighted by Gasteiger charge is -2.35. The molecule has 6 rings (SSSR count). The summed E-state index contributed by atoms with van der Waals surface area (Å²) in [4.78, 5) is 28.2. The molecule has 2 fully saturated rings. The Morgan fingerprint density at radius 1 is 1.10 bits per heavy atom. The van der Waals surface area contributed by atoms with Crippen LogP contribution in [0, 0.1) is 31.4 Å². The maximum absolute atomic E-state index is 15.1. The molecule has 40 heavy (non-hydrogen) atoms. The molecule has 0 aliphatic carbocycles. The third kappa shape index (κ3) is 4.70.